The van der Waals surface area contributed by atoms with Gasteiger partial charge < -0.3 is 15.8 Å². The molecule has 0 amide bonds. The summed E-state index contributed by atoms with van der Waals surface area (Å²) in [6, 6.07) is 14.0. The molecule has 0 saturated carbocycles. The van der Waals surface area contributed by atoms with Gasteiger partial charge in [0.25, 0.3) is 0 Å². The second-order valence-electron chi connectivity index (χ2n) is 8.34. The number of hydrogen-bond acceptors (Lipinski definition) is 6. The van der Waals surface area contributed by atoms with Crippen molar-refractivity contribution in [3.05, 3.63) is 72.6 Å². The van der Waals surface area contributed by atoms with Crippen LogP contribution in [0.25, 0.3) is 22.0 Å². The molecule has 3 aromatic rings. The molecule has 1 aliphatic heterocycles. The van der Waals surface area contributed by atoms with Gasteiger partial charge in [-0.2, -0.15) is 0 Å². The van der Waals surface area contributed by atoms with E-state index in [0.717, 1.165) is 66.1 Å². The third-order valence-corrected chi connectivity index (χ3v) is 6.16. The minimum atomic E-state index is 0.0274. The van der Waals surface area contributed by atoms with E-state index in [4.69, 9.17) is 15.5 Å². The lowest BCUT2D eigenvalue weighted by Crippen LogP contribution is -2.50. The molecule has 1 aromatic heterocycles. The topological polar surface area (TPSA) is 76.3 Å². The van der Waals surface area contributed by atoms with E-state index in [-0.39, 0.29) is 5.54 Å². The van der Waals surface area contributed by atoms with Gasteiger partial charge in [-0.1, -0.05) is 42.5 Å². The molecule has 1 fully saturated rings. The fraction of sp³-hybridized carbons (Fsp3) is 0.280. The molecule has 2 aliphatic rings. The van der Waals surface area contributed by atoms with Gasteiger partial charge in [0.2, 0.25) is 5.95 Å². The van der Waals surface area contributed by atoms with Gasteiger partial charge in [0.05, 0.1) is 18.7 Å². The third-order valence-electron chi connectivity index (χ3n) is 6.16. The number of ether oxygens (including phenoxy) is 1. The van der Waals surface area contributed by atoms with E-state index in [1.165, 1.54) is 0 Å². The van der Waals surface area contributed by atoms with Crippen molar-refractivity contribution in [3.63, 3.8) is 0 Å². The number of allylic oxidation sites excluding steroid dienone is 1. The van der Waals surface area contributed by atoms with Crippen LogP contribution in [-0.2, 0) is 4.74 Å². The number of nitrogens with zero attached hydrogens (tertiary/aromatic N) is 3. The van der Waals surface area contributed by atoms with Crippen LogP contribution in [0.4, 0.5) is 11.6 Å². The summed E-state index contributed by atoms with van der Waals surface area (Å²) >= 11 is 0. The molecule has 158 valence electrons. The van der Waals surface area contributed by atoms with Crippen LogP contribution in [0.1, 0.15) is 13.3 Å². The molecule has 3 N–H and O–H groups in total. The number of fused-ring (bicyclic) bond motifs is 1. The van der Waals surface area contributed by atoms with Crippen LogP contribution in [0.3, 0.4) is 0 Å². The number of nitrogens with two attached hydrogens (primary N) is 1. The molecule has 1 saturated heterocycles. The van der Waals surface area contributed by atoms with Crippen LogP contribution < -0.4 is 11.1 Å². The SMILES string of the molecule is CC1(N2CCOCC2)C=CC(Nc2ncc3cccc(-c4cccc(N)c4)c3n2)=CC1. The molecule has 6 nitrogen and oxygen atoms in total. The molecule has 1 atom stereocenters. The fourth-order valence-corrected chi connectivity index (χ4v) is 4.31. The minimum absolute atomic E-state index is 0.0274. The zero-order chi connectivity index (χ0) is 21.3. The number of nitrogens with one attached hydrogen (secondary N) is 1. The number of aromatic nitrogens is 2. The molecule has 2 aromatic carbocycles. The minimum Gasteiger partial charge on any atom is -0.399 e. The summed E-state index contributed by atoms with van der Waals surface area (Å²) < 4.78 is 5.50. The van der Waals surface area contributed by atoms with Gasteiger partial charge in [-0.3, -0.25) is 4.90 Å². The summed E-state index contributed by atoms with van der Waals surface area (Å²) in [6.45, 7) is 5.83. The summed E-state index contributed by atoms with van der Waals surface area (Å²) in [6.07, 6.45) is 9.45. The number of nitrogen functional groups attached to an aromatic ring is 1. The predicted octanol–water partition coefficient (Wildman–Crippen LogP) is 4.23. The molecule has 1 unspecified atom stereocenters. The Morgan fingerprint density at radius 2 is 1.97 bits per heavy atom. The zero-order valence-corrected chi connectivity index (χ0v) is 17.7. The van der Waals surface area contributed by atoms with E-state index < -0.39 is 0 Å². The van der Waals surface area contributed by atoms with E-state index in [1.807, 2.05) is 36.5 Å². The van der Waals surface area contributed by atoms with Crippen molar-refractivity contribution in [1.29, 1.82) is 0 Å². The highest BCUT2D eigenvalue weighted by Gasteiger charge is 2.31. The van der Waals surface area contributed by atoms with Crippen molar-refractivity contribution in [2.24, 2.45) is 0 Å². The lowest BCUT2D eigenvalue weighted by molar-refractivity contribution is -0.0000490. The standard InChI is InChI=1S/C25H27N5O/c1-25(30-12-14-31-15-13-30)10-8-21(9-11-25)28-24-27-17-19-5-3-7-22(23(19)29-24)18-4-2-6-20(26)16-18/h2-10,16-17H,11-15,26H2,1H3,(H,27,28,29). The Morgan fingerprint density at radius 3 is 2.74 bits per heavy atom. The fourth-order valence-electron chi connectivity index (χ4n) is 4.31. The summed E-state index contributed by atoms with van der Waals surface area (Å²) in [4.78, 5) is 11.9. The van der Waals surface area contributed by atoms with Crippen LogP contribution in [0.5, 0.6) is 0 Å². The number of morpholine rings is 1. The van der Waals surface area contributed by atoms with Gasteiger partial charge in [0.1, 0.15) is 0 Å². The number of hydrogen-bond donors (Lipinski definition) is 2. The van der Waals surface area contributed by atoms with Gasteiger partial charge in [-0.25, -0.2) is 9.97 Å². The second-order valence-corrected chi connectivity index (χ2v) is 8.34. The van der Waals surface area contributed by atoms with E-state index in [9.17, 15) is 0 Å². The van der Waals surface area contributed by atoms with Crippen LogP contribution in [0.2, 0.25) is 0 Å². The number of anilines is 2. The lowest BCUT2D eigenvalue weighted by atomic mass is 9.90. The maximum Gasteiger partial charge on any atom is 0.227 e. The van der Waals surface area contributed by atoms with Crippen molar-refractivity contribution < 1.29 is 4.74 Å². The highest BCUT2D eigenvalue weighted by molar-refractivity contribution is 5.94. The van der Waals surface area contributed by atoms with Gasteiger partial charge in [0, 0.05) is 47.2 Å². The highest BCUT2D eigenvalue weighted by atomic mass is 16.5. The first kappa shape index (κ1) is 19.7. The van der Waals surface area contributed by atoms with E-state index in [2.05, 4.69) is 52.5 Å². The monoisotopic (exact) mass is 413 g/mol. The highest BCUT2D eigenvalue weighted by Crippen LogP contribution is 2.30. The molecule has 1 aliphatic carbocycles. The Balaban J connectivity index is 1.39. The molecular weight excluding hydrogens is 386 g/mol. The molecule has 2 heterocycles. The maximum absolute atomic E-state index is 6.00. The van der Waals surface area contributed by atoms with Crippen molar-refractivity contribution >= 4 is 22.5 Å². The third kappa shape index (κ3) is 4.04. The Morgan fingerprint density at radius 1 is 1.13 bits per heavy atom. The molecule has 0 radical (unpaired) electrons. The quantitative estimate of drug-likeness (QED) is 0.624. The van der Waals surface area contributed by atoms with E-state index >= 15 is 0 Å². The largest absolute Gasteiger partial charge is 0.399 e. The Kier molecular flexibility index (Phi) is 5.18. The zero-order valence-electron chi connectivity index (χ0n) is 17.7. The average molecular weight is 414 g/mol. The summed E-state index contributed by atoms with van der Waals surface area (Å²) in [7, 11) is 0. The van der Waals surface area contributed by atoms with Gasteiger partial charge >= 0.3 is 0 Å². The summed E-state index contributed by atoms with van der Waals surface area (Å²) in [5.74, 6) is 0.592. The van der Waals surface area contributed by atoms with Gasteiger partial charge in [-0.15, -0.1) is 0 Å². The van der Waals surface area contributed by atoms with E-state index in [1.54, 1.807) is 0 Å². The molecule has 0 spiro atoms. The Hall–Kier alpha value is -3.22. The summed E-state index contributed by atoms with van der Waals surface area (Å²) in [5.41, 5.74) is 10.8. The number of para-hydroxylation sites is 1. The second kappa shape index (κ2) is 8.13. The molecule has 5 rings (SSSR count). The van der Waals surface area contributed by atoms with Crippen molar-refractivity contribution in [2.75, 3.05) is 37.4 Å². The van der Waals surface area contributed by atoms with Crippen LogP contribution in [0.15, 0.2) is 72.6 Å². The van der Waals surface area contributed by atoms with Crippen molar-refractivity contribution in [1.82, 2.24) is 14.9 Å². The molecule has 6 heteroatoms. The molecular formula is C25H27N5O. The van der Waals surface area contributed by atoms with Crippen molar-refractivity contribution in [3.8, 4) is 11.1 Å². The number of rotatable bonds is 4. The molecule has 0 bridgehead atoms. The van der Waals surface area contributed by atoms with Crippen LogP contribution >= 0.6 is 0 Å². The normalized spacial score (nSPS) is 21.8. The first-order valence-corrected chi connectivity index (χ1v) is 10.7. The van der Waals surface area contributed by atoms with Gasteiger partial charge in [0.15, 0.2) is 0 Å². The van der Waals surface area contributed by atoms with E-state index in [0.29, 0.717) is 5.95 Å². The predicted molar refractivity (Wildman–Crippen MR) is 126 cm³/mol. The summed E-state index contributed by atoms with van der Waals surface area (Å²) in [5, 5.41) is 4.39. The smallest absolute Gasteiger partial charge is 0.227 e. The molecule has 31 heavy (non-hydrogen) atoms. The maximum atomic E-state index is 6.00. The average Bonchev–Trinajstić information content (AvgIpc) is 2.81. The van der Waals surface area contributed by atoms with Crippen LogP contribution in [0, 0.1) is 0 Å². The Labute approximate surface area is 182 Å². The van der Waals surface area contributed by atoms with Gasteiger partial charge in [-0.05, 0) is 37.1 Å². The van der Waals surface area contributed by atoms with Crippen molar-refractivity contribution in [2.45, 2.75) is 18.9 Å². The first-order chi connectivity index (χ1) is 15.1. The Bertz CT molecular complexity index is 1170. The van der Waals surface area contributed by atoms with Crippen LogP contribution in [-0.4, -0.2) is 46.7 Å². The first-order valence-electron chi connectivity index (χ1n) is 10.7. The lowest BCUT2D eigenvalue weighted by Gasteiger charge is -2.42. The number of benzene rings is 2.